The predicted octanol–water partition coefficient (Wildman–Crippen LogP) is 4.83. The quantitative estimate of drug-likeness (QED) is 0.610. The highest BCUT2D eigenvalue weighted by Crippen LogP contribution is 2.36. The van der Waals surface area contributed by atoms with Crippen LogP contribution in [0.4, 0.5) is 26.2 Å². The van der Waals surface area contributed by atoms with Crippen LogP contribution in [0.5, 0.6) is 11.5 Å². The number of carbonyl (C=O) groups excluding carboxylic acids is 2. The minimum Gasteiger partial charge on any atom is -0.454 e. The topological polar surface area (TPSA) is 79.5 Å². The monoisotopic (exact) mass is 363 g/mol. The first-order chi connectivity index (χ1) is 13.1. The molecule has 3 aromatic rings. The SMILES string of the molecule is O=C(Nc1ccc2c(c1)C(=O)Nc1ccccc1O2)Nc1ccccc1F. The number of hydrogen-bond acceptors (Lipinski definition) is 3. The first-order valence-corrected chi connectivity index (χ1v) is 8.15. The molecule has 1 aliphatic rings. The van der Waals surface area contributed by atoms with Crippen molar-refractivity contribution in [1.29, 1.82) is 0 Å². The first-order valence-electron chi connectivity index (χ1n) is 8.15. The van der Waals surface area contributed by atoms with Crippen LogP contribution < -0.4 is 20.7 Å². The third kappa shape index (κ3) is 3.43. The summed E-state index contributed by atoms with van der Waals surface area (Å²) < 4.78 is 19.4. The van der Waals surface area contributed by atoms with Crippen molar-refractivity contribution >= 4 is 29.0 Å². The van der Waals surface area contributed by atoms with E-state index in [0.29, 0.717) is 22.9 Å². The summed E-state index contributed by atoms with van der Waals surface area (Å²) in [7, 11) is 0. The fraction of sp³-hybridized carbons (Fsp3) is 0. The van der Waals surface area contributed by atoms with Crippen molar-refractivity contribution in [2.75, 3.05) is 16.0 Å². The molecule has 27 heavy (non-hydrogen) atoms. The van der Waals surface area contributed by atoms with E-state index in [0.717, 1.165) is 0 Å². The van der Waals surface area contributed by atoms with Gasteiger partial charge in [0.15, 0.2) is 5.75 Å². The highest BCUT2D eigenvalue weighted by atomic mass is 19.1. The van der Waals surface area contributed by atoms with E-state index < -0.39 is 11.8 Å². The number of urea groups is 1. The van der Waals surface area contributed by atoms with Gasteiger partial charge in [0.05, 0.1) is 16.9 Å². The predicted molar refractivity (Wildman–Crippen MR) is 100.0 cm³/mol. The molecule has 0 radical (unpaired) electrons. The van der Waals surface area contributed by atoms with E-state index in [2.05, 4.69) is 16.0 Å². The molecule has 1 aliphatic heterocycles. The Balaban J connectivity index is 1.55. The average Bonchev–Trinajstić information content (AvgIpc) is 2.79. The van der Waals surface area contributed by atoms with Gasteiger partial charge < -0.3 is 20.7 Å². The van der Waals surface area contributed by atoms with Crippen LogP contribution >= 0.6 is 0 Å². The molecule has 3 N–H and O–H groups in total. The molecule has 0 saturated carbocycles. The summed E-state index contributed by atoms with van der Waals surface area (Å²) in [4.78, 5) is 24.6. The molecule has 4 rings (SSSR count). The Kier molecular flexibility index (Phi) is 4.18. The summed E-state index contributed by atoms with van der Waals surface area (Å²) in [5.41, 5.74) is 1.26. The molecular formula is C20H14FN3O3. The molecule has 1 heterocycles. The van der Waals surface area contributed by atoms with E-state index in [1.165, 1.54) is 24.3 Å². The van der Waals surface area contributed by atoms with Gasteiger partial charge >= 0.3 is 6.03 Å². The molecule has 0 aromatic heterocycles. The number of benzene rings is 3. The van der Waals surface area contributed by atoms with Gasteiger partial charge in [-0.15, -0.1) is 0 Å². The van der Waals surface area contributed by atoms with Crippen LogP contribution in [0.1, 0.15) is 10.4 Å². The van der Waals surface area contributed by atoms with Gasteiger partial charge in [0.1, 0.15) is 11.6 Å². The summed E-state index contributed by atoms with van der Waals surface area (Å²) in [5.74, 6) is 0.00773. The lowest BCUT2D eigenvalue weighted by Crippen LogP contribution is -2.20. The van der Waals surface area contributed by atoms with Crippen LogP contribution in [0.15, 0.2) is 66.7 Å². The van der Waals surface area contributed by atoms with Gasteiger partial charge in [0, 0.05) is 5.69 Å². The maximum Gasteiger partial charge on any atom is 0.323 e. The molecule has 3 aromatic carbocycles. The number of halogens is 1. The molecule has 0 bridgehead atoms. The molecule has 134 valence electrons. The van der Waals surface area contributed by atoms with Gasteiger partial charge in [-0.3, -0.25) is 4.79 Å². The molecule has 0 unspecified atom stereocenters. The van der Waals surface area contributed by atoms with E-state index in [1.807, 2.05) is 0 Å². The lowest BCUT2D eigenvalue weighted by molar-refractivity contribution is 0.102. The second-order valence-corrected chi connectivity index (χ2v) is 5.82. The molecule has 7 heteroatoms. The van der Waals surface area contributed by atoms with E-state index in [4.69, 9.17) is 4.74 Å². The summed E-state index contributed by atoms with van der Waals surface area (Å²) >= 11 is 0. The number of anilines is 3. The highest BCUT2D eigenvalue weighted by molar-refractivity contribution is 6.09. The summed E-state index contributed by atoms with van der Waals surface area (Å²) in [6.07, 6.45) is 0. The lowest BCUT2D eigenvalue weighted by Gasteiger charge is -2.11. The van der Waals surface area contributed by atoms with Crippen LogP contribution in [-0.2, 0) is 0 Å². The van der Waals surface area contributed by atoms with Crippen LogP contribution in [0.25, 0.3) is 0 Å². The Hall–Kier alpha value is -3.87. The number of rotatable bonds is 2. The number of ether oxygens (including phenoxy) is 1. The van der Waals surface area contributed by atoms with E-state index in [-0.39, 0.29) is 17.2 Å². The van der Waals surface area contributed by atoms with Gasteiger partial charge in [-0.25, -0.2) is 9.18 Å². The fourth-order valence-electron chi connectivity index (χ4n) is 2.69. The maximum absolute atomic E-state index is 13.6. The molecule has 0 aliphatic carbocycles. The number of para-hydroxylation sites is 3. The third-order valence-corrected chi connectivity index (χ3v) is 3.96. The Labute approximate surface area is 154 Å². The number of carbonyl (C=O) groups is 2. The summed E-state index contributed by atoms with van der Waals surface area (Å²) in [6, 6.07) is 17.0. The van der Waals surface area contributed by atoms with Gasteiger partial charge in [-0.2, -0.15) is 0 Å². The van der Waals surface area contributed by atoms with Crippen molar-refractivity contribution in [2.45, 2.75) is 0 Å². The third-order valence-electron chi connectivity index (χ3n) is 3.96. The molecule has 0 saturated heterocycles. The second kappa shape index (κ2) is 6.80. The number of nitrogens with one attached hydrogen (secondary N) is 3. The zero-order valence-corrected chi connectivity index (χ0v) is 14.0. The zero-order valence-electron chi connectivity index (χ0n) is 14.0. The van der Waals surface area contributed by atoms with Crippen LogP contribution in [-0.4, -0.2) is 11.9 Å². The van der Waals surface area contributed by atoms with E-state index in [9.17, 15) is 14.0 Å². The van der Waals surface area contributed by atoms with Crippen LogP contribution in [0.3, 0.4) is 0 Å². The average molecular weight is 363 g/mol. The number of fused-ring (bicyclic) bond motifs is 2. The molecule has 3 amide bonds. The van der Waals surface area contributed by atoms with Crippen molar-refractivity contribution in [1.82, 2.24) is 0 Å². The Morgan fingerprint density at radius 1 is 0.926 bits per heavy atom. The van der Waals surface area contributed by atoms with Crippen molar-refractivity contribution in [3.05, 3.63) is 78.1 Å². The molecule has 0 atom stereocenters. The smallest absolute Gasteiger partial charge is 0.323 e. The Bertz CT molecular complexity index is 1050. The van der Waals surface area contributed by atoms with Crippen molar-refractivity contribution in [3.63, 3.8) is 0 Å². The van der Waals surface area contributed by atoms with Crippen LogP contribution in [0, 0.1) is 5.82 Å². The number of hydrogen-bond donors (Lipinski definition) is 3. The lowest BCUT2D eigenvalue weighted by atomic mass is 10.1. The largest absolute Gasteiger partial charge is 0.454 e. The molecule has 0 fully saturated rings. The normalized spacial score (nSPS) is 12.0. The summed E-state index contributed by atoms with van der Waals surface area (Å²) in [6.45, 7) is 0. The highest BCUT2D eigenvalue weighted by Gasteiger charge is 2.21. The Morgan fingerprint density at radius 2 is 1.70 bits per heavy atom. The second-order valence-electron chi connectivity index (χ2n) is 5.82. The number of amides is 3. The van der Waals surface area contributed by atoms with Crippen molar-refractivity contribution in [3.8, 4) is 11.5 Å². The minimum atomic E-state index is -0.627. The van der Waals surface area contributed by atoms with E-state index in [1.54, 1.807) is 42.5 Å². The van der Waals surface area contributed by atoms with Crippen LogP contribution in [0.2, 0.25) is 0 Å². The van der Waals surface area contributed by atoms with Gasteiger partial charge in [0.25, 0.3) is 5.91 Å². The molecule has 0 spiro atoms. The first kappa shape index (κ1) is 16.6. The maximum atomic E-state index is 13.6. The van der Waals surface area contributed by atoms with Crippen molar-refractivity contribution in [2.24, 2.45) is 0 Å². The Morgan fingerprint density at radius 3 is 2.56 bits per heavy atom. The minimum absolute atomic E-state index is 0.0567. The van der Waals surface area contributed by atoms with Crippen molar-refractivity contribution < 1.29 is 18.7 Å². The van der Waals surface area contributed by atoms with Gasteiger partial charge in [-0.05, 0) is 42.5 Å². The molecular weight excluding hydrogens is 349 g/mol. The van der Waals surface area contributed by atoms with E-state index >= 15 is 0 Å². The zero-order chi connectivity index (χ0) is 18.8. The standard InChI is InChI=1S/C20H14FN3O3/c21-14-5-1-2-6-15(14)24-20(26)22-12-9-10-17-13(11-12)19(25)23-16-7-3-4-8-18(16)27-17/h1-11H,(H,23,25)(H2,22,24,26). The van der Waals surface area contributed by atoms with Gasteiger partial charge in [0.2, 0.25) is 0 Å². The summed E-state index contributed by atoms with van der Waals surface area (Å²) in [5, 5.41) is 7.76. The fourth-order valence-corrected chi connectivity index (χ4v) is 2.69. The molecule has 6 nitrogen and oxygen atoms in total. The van der Waals surface area contributed by atoms with Gasteiger partial charge in [-0.1, -0.05) is 24.3 Å².